The Kier molecular flexibility index (Phi) is 12.2. The summed E-state index contributed by atoms with van der Waals surface area (Å²) in [6, 6.07) is 12.2. The number of carboxylic acids is 1. The number of carboxylic acid groups (broad SMARTS) is 1. The second-order valence-electron chi connectivity index (χ2n) is 8.20. The number of ether oxygens (including phenoxy) is 4. The molecule has 2 aromatic rings. The first-order chi connectivity index (χ1) is 17.6. The smallest absolute Gasteiger partial charge is 0.415 e. The number of hydrogen-bond donors (Lipinski definition) is 1. The van der Waals surface area contributed by atoms with Gasteiger partial charge in [0.05, 0.1) is 19.8 Å². The van der Waals surface area contributed by atoms with E-state index in [1.54, 1.807) is 31.2 Å². The minimum atomic E-state index is -2.86. The molecule has 2 aromatic carbocycles. The van der Waals surface area contributed by atoms with Gasteiger partial charge in [-0.3, -0.25) is 0 Å². The maximum absolute atomic E-state index is 13.9. The van der Waals surface area contributed by atoms with Gasteiger partial charge in [-0.15, -0.1) is 0 Å². The molecule has 37 heavy (non-hydrogen) atoms. The molecular weight excluding hydrogens is 495 g/mol. The van der Waals surface area contributed by atoms with Crippen LogP contribution in [0.25, 0.3) is 0 Å². The van der Waals surface area contributed by atoms with Gasteiger partial charge in [0.2, 0.25) is 5.92 Å². The summed E-state index contributed by atoms with van der Waals surface area (Å²) < 4.78 is 61.0. The van der Waals surface area contributed by atoms with E-state index >= 15 is 0 Å². The van der Waals surface area contributed by atoms with Crippen molar-refractivity contribution in [2.24, 2.45) is 0 Å². The van der Waals surface area contributed by atoms with Crippen molar-refractivity contribution in [3.63, 3.8) is 0 Å². The first kappa shape index (κ1) is 29.9. The number of rotatable bonds is 16. The number of alkyl halides is 2. The molecule has 0 saturated heterocycles. The molecule has 0 fully saturated rings. The van der Waals surface area contributed by atoms with Crippen LogP contribution in [0.3, 0.4) is 0 Å². The number of carbonyl (C=O) groups is 2. The Hall–Kier alpha value is -3.31. The monoisotopic (exact) mass is 527 g/mol. The van der Waals surface area contributed by atoms with Crippen LogP contribution in [0.15, 0.2) is 48.5 Å². The van der Waals surface area contributed by atoms with Crippen molar-refractivity contribution >= 4 is 12.1 Å². The molecule has 1 amide bonds. The van der Waals surface area contributed by atoms with Gasteiger partial charge >= 0.3 is 12.1 Å². The fourth-order valence-corrected chi connectivity index (χ4v) is 3.14. The molecule has 1 atom stereocenters. The van der Waals surface area contributed by atoms with Crippen molar-refractivity contribution in [2.45, 2.75) is 38.7 Å². The maximum atomic E-state index is 13.9. The summed E-state index contributed by atoms with van der Waals surface area (Å²) in [6.45, 7) is 2.70. The molecule has 0 bridgehead atoms. The number of nitrogens with zero attached hydrogens (tertiary/aromatic N) is 1. The zero-order chi connectivity index (χ0) is 27.3. The Morgan fingerprint density at radius 3 is 2.32 bits per heavy atom. The lowest BCUT2D eigenvalue weighted by atomic mass is 10.1. The Morgan fingerprint density at radius 2 is 1.70 bits per heavy atom. The largest absolute Gasteiger partial charge is 0.492 e. The average molecular weight is 528 g/mol. The Morgan fingerprint density at radius 1 is 1.03 bits per heavy atom. The summed E-state index contributed by atoms with van der Waals surface area (Å²) in [7, 11) is 0. The number of halogens is 3. The maximum Gasteiger partial charge on any atom is 0.415 e. The number of benzene rings is 2. The number of para-hydroxylation sites is 1. The Bertz CT molecular complexity index is 983. The number of hydrogen-bond acceptors (Lipinski definition) is 6. The molecule has 204 valence electrons. The zero-order valence-corrected chi connectivity index (χ0v) is 20.8. The Labute approximate surface area is 213 Å². The van der Waals surface area contributed by atoms with Gasteiger partial charge in [-0.25, -0.2) is 22.8 Å². The van der Waals surface area contributed by atoms with Crippen molar-refractivity contribution in [3.05, 3.63) is 59.9 Å². The van der Waals surface area contributed by atoms with Gasteiger partial charge in [0.15, 0.2) is 17.7 Å². The van der Waals surface area contributed by atoms with Crippen molar-refractivity contribution < 1.29 is 46.8 Å². The highest BCUT2D eigenvalue weighted by Crippen LogP contribution is 2.18. The summed E-state index contributed by atoms with van der Waals surface area (Å²) in [5.74, 6) is -4.37. The van der Waals surface area contributed by atoms with Gasteiger partial charge in [-0.2, -0.15) is 0 Å². The molecule has 0 heterocycles. The quantitative estimate of drug-likeness (QED) is 0.314. The van der Waals surface area contributed by atoms with E-state index in [1.165, 1.54) is 23.1 Å². The first-order valence-corrected chi connectivity index (χ1v) is 11.8. The topological polar surface area (TPSA) is 94.5 Å². The summed E-state index contributed by atoms with van der Waals surface area (Å²) in [6.07, 6.45) is -2.05. The van der Waals surface area contributed by atoms with E-state index in [1.807, 2.05) is 0 Å². The van der Waals surface area contributed by atoms with Crippen molar-refractivity contribution in [1.82, 2.24) is 4.90 Å². The molecular formula is C26H32F3NO7. The summed E-state index contributed by atoms with van der Waals surface area (Å²) in [5, 5.41) is 9.21. The number of carbonyl (C=O) groups excluding carboxylic acids is 1. The molecule has 2 rings (SSSR count). The molecule has 11 heteroatoms. The van der Waals surface area contributed by atoms with E-state index in [0.717, 1.165) is 18.6 Å². The van der Waals surface area contributed by atoms with Crippen LogP contribution in [0.4, 0.5) is 18.0 Å². The molecule has 0 aliphatic heterocycles. The summed E-state index contributed by atoms with van der Waals surface area (Å²) in [4.78, 5) is 25.1. The van der Waals surface area contributed by atoms with Gasteiger partial charge < -0.3 is 29.0 Å². The molecule has 8 nitrogen and oxygen atoms in total. The van der Waals surface area contributed by atoms with Gasteiger partial charge in [0.25, 0.3) is 0 Å². The van der Waals surface area contributed by atoms with E-state index in [0.29, 0.717) is 5.75 Å². The molecule has 0 aliphatic carbocycles. The third-order valence-corrected chi connectivity index (χ3v) is 5.10. The van der Waals surface area contributed by atoms with Crippen molar-refractivity contribution in [2.75, 3.05) is 39.5 Å². The molecule has 0 saturated carbocycles. The molecule has 0 radical (unpaired) electrons. The van der Waals surface area contributed by atoms with E-state index in [2.05, 4.69) is 0 Å². The van der Waals surface area contributed by atoms with E-state index in [4.69, 9.17) is 18.9 Å². The standard InChI is InChI=1S/C26H32F3NO7/c1-3-35-23(24(31)32)18-19-8-10-20(11-9-19)36-17-14-30(13-16-34-15-12-26(2,28)29)25(33)37-22-7-5-4-6-21(22)27/h4-11,23H,3,12-18H2,1-2H3,(H,31,32). The van der Waals surface area contributed by atoms with Gasteiger partial charge in [-0.05, 0) is 43.7 Å². The molecule has 1 N–H and O–H groups in total. The van der Waals surface area contributed by atoms with Crippen LogP contribution in [-0.2, 0) is 20.7 Å². The Balaban J connectivity index is 1.92. The lowest BCUT2D eigenvalue weighted by Gasteiger charge is -2.22. The second-order valence-corrected chi connectivity index (χ2v) is 8.20. The molecule has 1 unspecified atom stereocenters. The molecule has 0 aromatic heterocycles. The van der Waals surface area contributed by atoms with Gasteiger partial charge in [0, 0.05) is 26.0 Å². The number of aliphatic carboxylic acids is 1. The van der Waals surface area contributed by atoms with Crippen LogP contribution >= 0.6 is 0 Å². The minimum Gasteiger partial charge on any atom is -0.492 e. The zero-order valence-electron chi connectivity index (χ0n) is 20.8. The van der Waals surface area contributed by atoms with Gasteiger partial charge in [0.1, 0.15) is 12.4 Å². The van der Waals surface area contributed by atoms with E-state index < -0.39 is 36.3 Å². The SMILES string of the molecule is CCOC(Cc1ccc(OCCN(CCOCCC(C)(F)F)C(=O)Oc2ccccc2F)cc1)C(=O)O. The van der Waals surface area contributed by atoms with E-state index in [9.17, 15) is 27.9 Å². The van der Waals surface area contributed by atoms with E-state index in [-0.39, 0.29) is 51.7 Å². The molecule has 0 spiro atoms. The van der Waals surface area contributed by atoms with Crippen molar-refractivity contribution in [1.29, 1.82) is 0 Å². The third-order valence-electron chi connectivity index (χ3n) is 5.10. The predicted octanol–water partition coefficient (Wildman–Crippen LogP) is 4.80. The fourth-order valence-electron chi connectivity index (χ4n) is 3.14. The van der Waals surface area contributed by atoms with Crippen LogP contribution in [0.1, 0.15) is 25.8 Å². The van der Waals surface area contributed by atoms with Crippen LogP contribution < -0.4 is 9.47 Å². The molecule has 0 aliphatic rings. The van der Waals surface area contributed by atoms with Crippen molar-refractivity contribution in [3.8, 4) is 11.5 Å². The minimum absolute atomic E-state index is 0.0128. The van der Waals surface area contributed by atoms with Crippen LogP contribution in [0.2, 0.25) is 0 Å². The highest BCUT2D eigenvalue weighted by Gasteiger charge is 2.21. The normalized spacial score (nSPS) is 12.1. The lowest BCUT2D eigenvalue weighted by Crippen LogP contribution is -2.39. The highest BCUT2D eigenvalue weighted by molar-refractivity contribution is 5.72. The first-order valence-electron chi connectivity index (χ1n) is 11.8. The van der Waals surface area contributed by atoms with Gasteiger partial charge in [-0.1, -0.05) is 24.3 Å². The average Bonchev–Trinajstić information content (AvgIpc) is 2.84. The lowest BCUT2D eigenvalue weighted by molar-refractivity contribution is -0.149. The summed E-state index contributed by atoms with van der Waals surface area (Å²) in [5.41, 5.74) is 0.748. The predicted molar refractivity (Wildman–Crippen MR) is 129 cm³/mol. The highest BCUT2D eigenvalue weighted by atomic mass is 19.3. The van der Waals surface area contributed by atoms with Crippen LogP contribution in [0.5, 0.6) is 11.5 Å². The number of amides is 1. The van der Waals surface area contributed by atoms with Crippen LogP contribution in [0, 0.1) is 5.82 Å². The summed E-state index contributed by atoms with van der Waals surface area (Å²) >= 11 is 0. The van der Waals surface area contributed by atoms with Crippen LogP contribution in [-0.4, -0.2) is 73.6 Å². The fraction of sp³-hybridized carbons (Fsp3) is 0.462. The second kappa shape index (κ2) is 15.1. The third kappa shape index (κ3) is 11.5.